The standard InChI is InChI=1S/C22H26N4O4S/c1-15(2)25-31(29,30)18-8-5-7-17(12-18)13-23-20(27)10-11-26-14-24-21-16(3)6-4-9-19(21)22(26)28/h4-9,12,14-15,25H,10-11,13H2,1-3H3,(H,23,27). The first kappa shape index (κ1) is 22.6. The number of hydrogen-bond acceptors (Lipinski definition) is 5. The summed E-state index contributed by atoms with van der Waals surface area (Å²) in [5, 5.41) is 3.29. The first-order valence-electron chi connectivity index (χ1n) is 10.00. The van der Waals surface area contributed by atoms with Crippen LogP contribution in [0.2, 0.25) is 0 Å². The maximum absolute atomic E-state index is 12.6. The predicted octanol–water partition coefficient (Wildman–Crippen LogP) is 2.10. The molecule has 2 aromatic carbocycles. The molecule has 9 heteroatoms. The summed E-state index contributed by atoms with van der Waals surface area (Å²) in [5.41, 5.74) is 2.07. The molecule has 2 N–H and O–H groups in total. The Hall–Kier alpha value is -3.04. The Bertz CT molecular complexity index is 1270. The number of nitrogens with one attached hydrogen (secondary N) is 2. The van der Waals surface area contributed by atoms with Crippen molar-refractivity contribution >= 4 is 26.8 Å². The number of amides is 1. The number of carbonyl (C=O) groups excluding carboxylic acids is 1. The van der Waals surface area contributed by atoms with E-state index >= 15 is 0 Å². The number of sulfonamides is 1. The molecule has 164 valence electrons. The smallest absolute Gasteiger partial charge is 0.261 e. The molecule has 3 rings (SSSR count). The second-order valence-electron chi connectivity index (χ2n) is 7.66. The lowest BCUT2D eigenvalue weighted by Gasteiger charge is -2.11. The second-order valence-corrected chi connectivity index (χ2v) is 9.38. The zero-order valence-electron chi connectivity index (χ0n) is 17.8. The van der Waals surface area contributed by atoms with Crippen molar-refractivity contribution in [2.24, 2.45) is 0 Å². The van der Waals surface area contributed by atoms with Gasteiger partial charge in [0.15, 0.2) is 0 Å². The fraction of sp³-hybridized carbons (Fsp3) is 0.318. The summed E-state index contributed by atoms with van der Waals surface area (Å²) in [6, 6.07) is 11.6. The topological polar surface area (TPSA) is 110 Å². The third-order valence-electron chi connectivity index (χ3n) is 4.72. The highest BCUT2D eigenvalue weighted by molar-refractivity contribution is 7.89. The van der Waals surface area contributed by atoms with Gasteiger partial charge in [-0.1, -0.05) is 24.3 Å². The Balaban J connectivity index is 1.61. The van der Waals surface area contributed by atoms with Gasteiger partial charge in [0.2, 0.25) is 15.9 Å². The molecule has 0 aliphatic carbocycles. The molecule has 0 aliphatic rings. The van der Waals surface area contributed by atoms with Gasteiger partial charge in [-0.25, -0.2) is 18.1 Å². The largest absolute Gasteiger partial charge is 0.352 e. The zero-order chi connectivity index (χ0) is 22.6. The van der Waals surface area contributed by atoms with Crippen molar-refractivity contribution in [3.63, 3.8) is 0 Å². The van der Waals surface area contributed by atoms with E-state index in [0.717, 1.165) is 5.56 Å². The molecule has 3 aromatic rings. The fourth-order valence-corrected chi connectivity index (χ4v) is 4.53. The van der Waals surface area contributed by atoms with Crippen molar-refractivity contribution in [2.75, 3.05) is 0 Å². The molecule has 0 radical (unpaired) electrons. The van der Waals surface area contributed by atoms with E-state index < -0.39 is 10.0 Å². The zero-order valence-corrected chi connectivity index (χ0v) is 18.6. The third-order valence-corrected chi connectivity index (χ3v) is 6.38. The minimum Gasteiger partial charge on any atom is -0.352 e. The molecule has 31 heavy (non-hydrogen) atoms. The molecule has 1 aromatic heterocycles. The Labute approximate surface area is 181 Å². The molecule has 0 spiro atoms. The number of benzene rings is 2. The number of hydrogen-bond donors (Lipinski definition) is 2. The number of aromatic nitrogens is 2. The summed E-state index contributed by atoms with van der Waals surface area (Å²) in [6.07, 6.45) is 1.56. The summed E-state index contributed by atoms with van der Waals surface area (Å²) in [5.74, 6) is -0.246. The van der Waals surface area contributed by atoms with Crippen LogP contribution >= 0.6 is 0 Å². The van der Waals surface area contributed by atoms with Crippen LogP contribution in [0.4, 0.5) is 0 Å². The molecule has 0 bridgehead atoms. The lowest BCUT2D eigenvalue weighted by atomic mass is 10.1. The molecule has 0 saturated heterocycles. The number of nitrogens with zero attached hydrogens (tertiary/aromatic N) is 2. The Morgan fingerprint density at radius 2 is 1.90 bits per heavy atom. The molecule has 0 fully saturated rings. The molecule has 1 amide bonds. The average Bonchev–Trinajstić information content (AvgIpc) is 2.71. The van der Waals surface area contributed by atoms with Crippen LogP contribution in [0.5, 0.6) is 0 Å². The van der Waals surface area contributed by atoms with Crippen molar-refractivity contribution in [3.05, 3.63) is 70.3 Å². The van der Waals surface area contributed by atoms with Crippen LogP contribution in [0.1, 0.15) is 31.4 Å². The summed E-state index contributed by atoms with van der Waals surface area (Å²) < 4.78 is 28.6. The summed E-state index contributed by atoms with van der Waals surface area (Å²) >= 11 is 0. The van der Waals surface area contributed by atoms with Crippen LogP contribution in [0.15, 0.2) is 58.5 Å². The highest BCUT2D eigenvalue weighted by Gasteiger charge is 2.15. The van der Waals surface area contributed by atoms with Gasteiger partial charge in [0, 0.05) is 25.6 Å². The molecular weight excluding hydrogens is 416 g/mol. The number of carbonyl (C=O) groups is 1. The minimum absolute atomic E-state index is 0.103. The van der Waals surface area contributed by atoms with Gasteiger partial charge in [-0.05, 0) is 50.1 Å². The van der Waals surface area contributed by atoms with Gasteiger partial charge in [-0.3, -0.25) is 14.2 Å². The predicted molar refractivity (Wildman–Crippen MR) is 119 cm³/mol. The van der Waals surface area contributed by atoms with Crippen LogP contribution in [0.25, 0.3) is 10.9 Å². The molecule has 0 saturated carbocycles. The van der Waals surface area contributed by atoms with Crippen molar-refractivity contribution in [2.45, 2.75) is 51.2 Å². The fourth-order valence-electron chi connectivity index (χ4n) is 3.21. The number of fused-ring (bicyclic) bond motifs is 1. The van der Waals surface area contributed by atoms with Gasteiger partial charge in [0.05, 0.1) is 22.1 Å². The van der Waals surface area contributed by atoms with E-state index in [-0.39, 0.29) is 41.9 Å². The van der Waals surface area contributed by atoms with Gasteiger partial charge < -0.3 is 5.32 Å². The van der Waals surface area contributed by atoms with Crippen molar-refractivity contribution in [1.82, 2.24) is 19.6 Å². The average molecular weight is 443 g/mol. The quantitative estimate of drug-likeness (QED) is 0.555. The molecule has 0 unspecified atom stereocenters. The van der Waals surface area contributed by atoms with Crippen molar-refractivity contribution in [3.8, 4) is 0 Å². The normalized spacial score (nSPS) is 11.7. The van der Waals surface area contributed by atoms with Crippen LogP contribution in [0, 0.1) is 6.92 Å². The summed E-state index contributed by atoms with van der Waals surface area (Å²) in [6.45, 7) is 5.78. The van der Waals surface area contributed by atoms with Gasteiger partial charge in [-0.15, -0.1) is 0 Å². The van der Waals surface area contributed by atoms with Crippen LogP contribution < -0.4 is 15.6 Å². The summed E-state index contributed by atoms with van der Waals surface area (Å²) in [7, 11) is -3.60. The van der Waals surface area contributed by atoms with Crippen LogP contribution in [0.3, 0.4) is 0 Å². The van der Waals surface area contributed by atoms with E-state index in [4.69, 9.17) is 0 Å². The Morgan fingerprint density at radius 1 is 1.16 bits per heavy atom. The lowest BCUT2D eigenvalue weighted by Crippen LogP contribution is -2.30. The third kappa shape index (κ3) is 5.56. The first-order valence-corrected chi connectivity index (χ1v) is 11.5. The number of rotatable bonds is 8. The maximum Gasteiger partial charge on any atom is 0.261 e. The van der Waals surface area contributed by atoms with Crippen LogP contribution in [-0.4, -0.2) is 29.9 Å². The Kier molecular flexibility index (Phi) is 6.87. The molecule has 0 aliphatic heterocycles. The lowest BCUT2D eigenvalue weighted by molar-refractivity contribution is -0.121. The maximum atomic E-state index is 12.6. The molecule has 0 atom stereocenters. The van der Waals surface area contributed by atoms with Gasteiger partial charge >= 0.3 is 0 Å². The highest BCUT2D eigenvalue weighted by atomic mass is 32.2. The van der Waals surface area contributed by atoms with Crippen LogP contribution in [-0.2, 0) is 27.9 Å². The van der Waals surface area contributed by atoms with Crippen molar-refractivity contribution in [1.29, 1.82) is 0 Å². The van der Waals surface area contributed by atoms with Gasteiger partial charge in [0.25, 0.3) is 5.56 Å². The highest BCUT2D eigenvalue weighted by Crippen LogP contribution is 2.13. The first-order chi connectivity index (χ1) is 14.7. The SMILES string of the molecule is Cc1cccc2c(=O)n(CCC(=O)NCc3cccc(S(=O)(=O)NC(C)C)c3)cnc12. The minimum atomic E-state index is -3.60. The number of para-hydroxylation sites is 1. The van der Waals surface area contributed by atoms with Gasteiger partial charge in [-0.2, -0.15) is 0 Å². The number of aryl methyl sites for hydroxylation is 2. The van der Waals surface area contributed by atoms with Crippen molar-refractivity contribution < 1.29 is 13.2 Å². The van der Waals surface area contributed by atoms with E-state index in [0.29, 0.717) is 16.5 Å². The summed E-state index contributed by atoms with van der Waals surface area (Å²) in [4.78, 5) is 29.4. The monoisotopic (exact) mass is 442 g/mol. The molecular formula is C22H26N4O4S. The van der Waals surface area contributed by atoms with E-state index in [1.165, 1.54) is 23.0 Å². The van der Waals surface area contributed by atoms with E-state index in [1.54, 1.807) is 32.0 Å². The molecule has 8 nitrogen and oxygen atoms in total. The Morgan fingerprint density at radius 3 is 2.65 bits per heavy atom. The van der Waals surface area contributed by atoms with E-state index in [2.05, 4.69) is 15.0 Å². The van der Waals surface area contributed by atoms with E-state index in [1.807, 2.05) is 19.1 Å². The van der Waals surface area contributed by atoms with E-state index in [9.17, 15) is 18.0 Å². The molecule has 1 heterocycles. The second kappa shape index (κ2) is 9.40. The van der Waals surface area contributed by atoms with Gasteiger partial charge in [0.1, 0.15) is 0 Å².